The van der Waals surface area contributed by atoms with Crippen molar-refractivity contribution in [2.45, 2.75) is 33.1 Å². The Morgan fingerprint density at radius 3 is 1.82 bits per heavy atom. The third kappa shape index (κ3) is 4.16. The zero-order chi connectivity index (χ0) is 33.7. The van der Waals surface area contributed by atoms with Gasteiger partial charge < -0.3 is 14.2 Å². The third-order valence-corrected chi connectivity index (χ3v) is 10.9. The second-order valence-electron chi connectivity index (χ2n) is 14.4. The van der Waals surface area contributed by atoms with Crippen LogP contribution in [0.3, 0.4) is 0 Å². The van der Waals surface area contributed by atoms with E-state index in [1.807, 2.05) is 0 Å². The average Bonchev–Trinajstić information content (AvgIpc) is 3.58. The van der Waals surface area contributed by atoms with Crippen LogP contribution in [-0.4, -0.2) is 4.57 Å². The molecule has 0 saturated carbocycles. The van der Waals surface area contributed by atoms with Gasteiger partial charge in [-0.2, -0.15) is 0 Å². The van der Waals surface area contributed by atoms with Crippen LogP contribution in [0.2, 0.25) is 0 Å². The second kappa shape index (κ2) is 10.5. The highest BCUT2D eigenvalue weighted by Gasteiger charge is 2.37. The van der Waals surface area contributed by atoms with E-state index in [0.29, 0.717) is 0 Å². The van der Waals surface area contributed by atoms with Crippen LogP contribution in [0.25, 0.3) is 49.7 Å². The van der Waals surface area contributed by atoms with Gasteiger partial charge in [0.1, 0.15) is 0 Å². The number of ether oxygens (including phenoxy) is 1. The van der Waals surface area contributed by atoms with Crippen molar-refractivity contribution in [2.24, 2.45) is 0 Å². The van der Waals surface area contributed by atoms with E-state index < -0.39 is 0 Å². The Morgan fingerprint density at radius 1 is 0.480 bits per heavy atom. The molecule has 0 saturated heterocycles. The third-order valence-electron chi connectivity index (χ3n) is 10.9. The smallest absolute Gasteiger partial charge is 0.151 e. The number of nitrogens with zero attached hydrogens (tertiary/aromatic N) is 2. The monoisotopic (exact) mass is 644 g/mol. The zero-order valence-electron chi connectivity index (χ0n) is 28.7. The minimum atomic E-state index is -0.178. The van der Waals surface area contributed by atoms with Crippen LogP contribution in [0.5, 0.6) is 11.5 Å². The second-order valence-corrected chi connectivity index (χ2v) is 14.4. The normalized spacial score (nSPS) is 13.9. The fourth-order valence-electron chi connectivity index (χ4n) is 8.35. The first-order chi connectivity index (χ1) is 24.3. The Balaban J connectivity index is 1.08. The van der Waals surface area contributed by atoms with Crippen molar-refractivity contribution in [1.29, 1.82) is 0 Å². The van der Waals surface area contributed by atoms with Crippen LogP contribution in [0, 0.1) is 13.8 Å². The first-order valence-corrected chi connectivity index (χ1v) is 17.4. The number of hydrogen-bond donors (Lipinski definition) is 0. The summed E-state index contributed by atoms with van der Waals surface area (Å²) < 4.78 is 8.84. The SMILES string of the molecule is Cc1ccc2c(c1)Oc1cc(C)ccc1N2c1ccc2c(c1)C(C)(C)c1cc(-c3ccc4c(c3)c3ccccc3n4-c3ccccc3)ccc1-2. The molecule has 0 spiro atoms. The number of hydrogen-bond acceptors (Lipinski definition) is 2. The van der Waals surface area contributed by atoms with E-state index in [4.69, 9.17) is 4.74 Å². The van der Waals surface area contributed by atoms with Gasteiger partial charge in [0.2, 0.25) is 0 Å². The van der Waals surface area contributed by atoms with Gasteiger partial charge in [0.15, 0.2) is 11.5 Å². The number of benzene rings is 7. The molecule has 8 aromatic rings. The van der Waals surface area contributed by atoms with E-state index in [1.54, 1.807) is 0 Å². The maximum Gasteiger partial charge on any atom is 0.151 e. The molecule has 0 bridgehead atoms. The van der Waals surface area contributed by atoms with Gasteiger partial charge in [0, 0.05) is 27.6 Å². The van der Waals surface area contributed by atoms with Crippen LogP contribution >= 0.6 is 0 Å². The summed E-state index contributed by atoms with van der Waals surface area (Å²) in [6.45, 7) is 8.97. The predicted octanol–water partition coefficient (Wildman–Crippen LogP) is 12.9. The topological polar surface area (TPSA) is 17.4 Å². The van der Waals surface area contributed by atoms with Crippen LogP contribution < -0.4 is 9.64 Å². The summed E-state index contributed by atoms with van der Waals surface area (Å²) >= 11 is 0. The van der Waals surface area contributed by atoms with Gasteiger partial charge in [0.25, 0.3) is 0 Å². The van der Waals surface area contributed by atoms with Gasteiger partial charge in [-0.05, 0) is 131 Å². The predicted molar refractivity (Wildman–Crippen MR) is 208 cm³/mol. The highest BCUT2D eigenvalue weighted by Crippen LogP contribution is 2.55. The zero-order valence-corrected chi connectivity index (χ0v) is 28.7. The van der Waals surface area contributed by atoms with E-state index in [-0.39, 0.29) is 5.41 Å². The molecule has 2 aliphatic rings. The molecule has 3 heteroatoms. The highest BCUT2D eigenvalue weighted by molar-refractivity contribution is 6.10. The maximum atomic E-state index is 6.46. The molecule has 0 N–H and O–H groups in total. The van der Waals surface area contributed by atoms with Crippen LogP contribution in [0.15, 0.2) is 146 Å². The van der Waals surface area contributed by atoms with Gasteiger partial charge in [-0.3, -0.25) is 0 Å². The quantitative estimate of drug-likeness (QED) is 0.190. The minimum absolute atomic E-state index is 0.178. The molecule has 240 valence electrons. The van der Waals surface area contributed by atoms with E-state index in [2.05, 4.69) is 183 Å². The summed E-state index contributed by atoms with van der Waals surface area (Å²) in [4.78, 5) is 2.36. The lowest BCUT2D eigenvalue weighted by molar-refractivity contribution is 0.476. The lowest BCUT2D eigenvalue weighted by atomic mass is 9.81. The Labute approximate surface area is 292 Å². The Bertz CT molecular complexity index is 2630. The van der Waals surface area contributed by atoms with Crippen molar-refractivity contribution < 1.29 is 4.74 Å². The summed E-state index contributed by atoms with van der Waals surface area (Å²) in [5.41, 5.74) is 16.9. The molecule has 10 rings (SSSR count). The van der Waals surface area contributed by atoms with Crippen molar-refractivity contribution in [2.75, 3.05) is 4.90 Å². The van der Waals surface area contributed by atoms with Gasteiger partial charge in [-0.15, -0.1) is 0 Å². The average molecular weight is 645 g/mol. The molecule has 2 heterocycles. The Morgan fingerprint density at radius 2 is 1.08 bits per heavy atom. The fourth-order valence-corrected chi connectivity index (χ4v) is 8.35. The van der Waals surface area contributed by atoms with Crippen molar-refractivity contribution in [3.63, 3.8) is 0 Å². The van der Waals surface area contributed by atoms with Crippen molar-refractivity contribution in [1.82, 2.24) is 4.57 Å². The first-order valence-electron chi connectivity index (χ1n) is 17.4. The molecule has 0 fully saturated rings. The van der Waals surface area contributed by atoms with Crippen LogP contribution in [0.4, 0.5) is 17.1 Å². The molecule has 7 aromatic carbocycles. The van der Waals surface area contributed by atoms with E-state index in [9.17, 15) is 0 Å². The highest BCUT2D eigenvalue weighted by atomic mass is 16.5. The molecule has 0 radical (unpaired) electrons. The molecule has 3 nitrogen and oxygen atoms in total. The number of para-hydroxylation sites is 2. The standard InChI is InChI=1S/C47H36N2O/c1-29-14-21-43-45(24-29)50-46-25-30(2)15-22-44(46)49(43)34-18-20-36-35-19-16-32(27-39(35)47(3,4)40(36)28-34)31-17-23-42-38(26-31)37-12-8-9-13-41(37)48(42)33-10-6-5-7-11-33/h5-28H,1-4H3. The Kier molecular flexibility index (Phi) is 6.05. The van der Waals surface area contributed by atoms with Crippen molar-refractivity contribution in [3.8, 4) is 39.4 Å². The van der Waals surface area contributed by atoms with Crippen molar-refractivity contribution in [3.05, 3.63) is 168 Å². The maximum absolute atomic E-state index is 6.46. The van der Waals surface area contributed by atoms with Gasteiger partial charge >= 0.3 is 0 Å². The molecule has 0 amide bonds. The van der Waals surface area contributed by atoms with Crippen molar-refractivity contribution >= 4 is 38.9 Å². The molecule has 1 aromatic heterocycles. The number of fused-ring (bicyclic) bond motifs is 8. The molecular weight excluding hydrogens is 609 g/mol. The number of rotatable bonds is 3. The van der Waals surface area contributed by atoms with Gasteiger partial charge in [-0.25, -0.2) is 0 Å². The van der Waals surface area contributed by atoms with E-state index in [1.165, 1.54) is 72.0 Å². The summed E-state index contributed by atoms with van der Waals surface area (Å²) in [6.07, 6.45) is 0. The molecular formula is C47H36N2O. The molecule has 1 aliphatic heterocycles. The largest absolute Gasteiger partial charge is 0.453 e. The first kappa shape index (κ1) is 28.9. The van der Waals surface area contributed by atoms with Crippen LogP contribution in [0.1, 0.15) is 36.1 Å². The van der Waals surface area contributed by atoms with E-state index in [0.717, 1.165) is 28.6 Å². The molecule has 0 atom stereocenters. The summed E-state index contributed by atoms with van der Waals surface area (Å²) in [6, 6.07) is 53.4. The molecule has 0 unspecified atom stereocenters. The lowest BCUT2D eigenvalue weighted by Gasteiger charge is -2.34. The summed E-state index contributed by atoms with van der Waals surface area (Å²) in [5.74, 6) is 1.78. The fraction of sp³-hybridized carbons (Fsp3) is 0.106. The van der Waals surface area contributed by atoms with Crippen LogP contribution in [-0.2, 0) is 5.41 Å². The van der Waals surface area contributed by atoms with E-state index >= 15 is 0 Å². The molecule has 1 aliphatic carbocycles. The van der Waals surface area contributed by atoms with Gasteiger partial charge in [0.05, 0.1) is 22.4 Å². The van der Waals surface area contributed by atoms with Gasteiger partial charge in [-0.1, -0.05) is 86.6 Å². The summed E-state index contributed by atoms with van der Waals surface area (Å²) in [7, 11) is 0. The Hall–Kier alpha value is -6.06. The lowest BCUT2D eigenvalue weighted by Crippen LogP contribution is -2.18. The molecule has 50 heavy (non-hydrogen) atoms. The number of aryl methyl sites for hydroxylation is 2. The number of aromatic nitrogens is 1. The minimum Gasteiger partial charge on any atom is -0.453 e. The summed E-state index contributed by atoms with van der Waals surface area (Å²) in [5, 5.41) is 2.54. The number of anilines is 3.